The summed E-state index contributed by atoms with van der Waals surface area (Å²) in [7, 11) is 0. The molecule has 0 spiro atoms. The van der Waals surface area contributed by atoms with Gasteiger partial charge in [-0.05, 0) is 19.2 Å². The number of nitrogens with two attached hydrogens (primary N) is 1. The normalized spacial score (nSPS) is 16.5. The summed E-state index contributed by atoms with van der Waals surface area (Å²) in [6.07, 6.45) is 3.81. The van der Waals surface area contributed by atoms with Crippen LogP contribution in [0.3, 0.4) is 0 Å². The monoisotopic (exact) mass is 430 g/mol. The Morgan fingerprint density at radius 2 is 2.03 bits per heavy atom. The van der Waals surface area contributed by atoms with Gasteiger partial charge in [0.1, 0.15) is 17.9 Å². The minimum absolute atomic E-state index is 0.290. The zero-order valence-electron chi connectivity index (χ0n) is 17.7. The van der Waals surface area contributed by atoms with E-state index in [1.165, 1.54) is 0 Å². The molecule has 3 aromatic rings. The Labute approximate surface area is 181 Å². The Morgan fingerprint density at radius 1 is 1.23 bits per heavy atom. The highest BCUT2D eigenvalue weighted by Crippen LogP contribution is 2.34. The standard InChI is InChI=1S/C22H30N4O3S/c1-3-27-14-18-25-19-20(16-6-4-5-7-17(16)24-21(19)23)26(18)15-22(29-12-13-30-2)8-10-28-11-9-22/h4-7H,3,8-15H2,1-2H3,(H2,23,24). The van der Waals surface area contributed by atoms with Gasteiger partial charge in [-0.1, -0.05) is 18.2 Å². The Bertz CT molecular complexity index is 1000. The molecule has 0 aliphatic carbocycles. The molecule has 8 heteroatoms. The minimum Gasteiger partial charge on any atom is -0.382 e. The van der Waals surface area contributed by atoms with Gasteiger partial charge in [-0.2, -0.15) is 11.8 Å². The quantitative estimate of drug-likeness (QED) is 0.519. The van der Waals surface area contributed by atoms with Crippen LogP contribution in [-0.4, -0.2) is 58.6 Å². The molecule has 1 aliphatic heterocycles. The van der Waals surface area contributed by atoms with E-state index < -0.39 is 0 Å². The van der Waals surface area contributed by atoms with Crippen LogP contribution < -0.4 is 5.73 Å². The maximum Gasteiger partial charge on any atom is 0.152 e. The van der Waals surface area contributed by atoms with E-state index in [4.69, 9.17) is 24.9 Å². The summed E-state index contributed by atoms with van der Waals surface area (Å²) in [5.41, 5.74) is 8.63. The average molecular weight is 431 g/mol. The molecule has 30 heavy (non-hydrogen) atoms. The van der Waals surface area contributed by atoms with Crippen molar-refractivity contribution in [1.82, 2.24) is 14.5 Å². The summed E-state index contributed by atoms with van der Waals surface area (Å²) in [5.74, 6) is 2.28. The fourth-order valence-corrected chi connectivity index (χ4v) is 4.35. The van der Waals surface area contributed by atoms with Crippen LogP contribution in [0.4, 0.5) is 5.82 Å². The Morgan fingerprint density at radius 3 is 2.80 bits per heavy atom. The molecule has 2 aromatic heterocycles. The molecule has 162 valence electrons. The van der Waals surface area contributed by atoms with Gasteiger partial charge in [0.05, 0.1) is 29.8 Å². The van der Waals surface area contributed by atoms with Crippen LogP contribution in [0, 0.1) is 0 Å². The van der Waals surface area contributed by atoms with Crippen LogP contribution in [0.1, 0.15) is 25.6 Å². The lowest BCUT2D eigenvalue weighted by Gasteiger charge is -2.38. The Balaban J connectivity index is 1.84. The number of fused-ring (bicyclic) bond motifs is 3. The van der Waals surface area contributed by atoms with E-state index in [0.717, 1.165) is 53.0 Å². The maximum atomic E-state index is 6.50. The van der Waals surface area contributed by atoms with Crippen molar-refractivity contribution in [2.24, 2.45) is 0 Å². The topological polar surface area (TPSA) is 84.4 Å². The van der Waals surface area contributed by atoms with Crippen LogP contribution in [0.2, 0.25) is 0 Å². The molecule has 0 unspecified atom stereocenters. The predicted molar refractivity (Wildman–Crippen MR) is 122 cm³/mol. The van der Waals surface area contributed by atoms with Crippen molar-refractivity contribution in [3.8, 4) is 0 Å². The second-order valence-corrected chi connectivity index (χ2v) is 8.58. The van der Waals surface area contributed by atoms with Crippen LogP contribution in [0.15, 0.2) is 24.3 Å². The number of nitrogens with zero attached hydrogens (tertiary/aromatic N) is 3. The smallest absolute Gasteiger partial charge is 0.152 e. The molecule has 4 rings (SSSR count). The molecule has 0 amide bonds. The number of thioether (sulfide) groups is 1. The highest BCUT2D eigenvalue weighted by Gasteiger charge is 2.35. The van der Waals surface area contributed by atoms with Crippen molar-refractivity contribution in [2.75, 3.05) is 44.2 Å². The molecule has 7 nitrogen and oxygen atoms in total. The fourth-order valence-electron chi connectivity index (χ4n) is 4.10. The van der Waals surface area contributed by atoms with E-state index in [1.54, 1.807) is 11.8 Å². The van der Waals surface area contributed by atoms with Crippen molar-refractivity contribution < 1.29 is 14.2 Å². The van der Waals surface area contributed by atoms with Gasteiger partial charge >= 0.3 is 0 Å². The van der Waals surface area contributed by atoms with Gasteiger partial charge < -0.3 is 24.5 Å². The van der Waals surface area contributed by atoms with Gasteiger partial charge in [-0.15, -0.1) is 0 Å². The van der Waals surface area contributed by atoms with Crippen LogP contribution >= 0.6 is 11.8 Å². The minimum atomic E-state index is -0.290. The molecule has 1 saturated heterocycles. The van der Waals surface area contributed by atoms with E-state index in [9.17, 15) is 0 Å². The van der Waals surface area contributed by atoms with Gasteiger partial charge in [0, 0.05) is 43.8 Å². The van der Waals surface area contributed by atoms with Gasteiger partial charge in [-0.3, -0.25) is 0 Å². The van der Waals surface area contributed by atoms with Crippen LogP contribution in [-0.2, 0) is 27.4 Å². The van der Waals surface area contributed by atoms with Crippen molar-refractivity contribution in [1.29, 1.82) is 0 Å². The second-order valence-electron chi connectivity index (χ2n) is 7.60. The van der Waals surface area contributed by atoms with Crippen molar-refractivity contribution >= 4 is 39.5 Å². The number of aromatic nitrogens is 3. The molecule has 1 aromatic carbocycles. The summed E-state index contributed by atoms with van der Waals surface area (Å²) >= 11 is 1.80. The highest BCUT2D eigenvalue weighted by atomic mass is 32.2. The van der Waals surface area contributed by atoms with Crippen LogP contribution in [0.25, 0.3) is 21.9 Å². The number of pyridine rings is 1. The molecular formula is C22H30N4O3S. The lowest BCUT2D eigenvalue weighted by molar-refractivity contribution is -0.115. The number of anilines is 1. The number of ether oxygens (including phenoxy) is 3. The molecule has 0 bridgehead atoms. The zero-order chi connectivity index (χ0) is 21.0. The number of nitrogen functional groups attached to an aromatic ring is 1. The Hall–Kier alpha value is -1.87. The first-order chi connectivity index (χ1) is 14.7. The lowest BCUT2D eigenvalue weighted by Crippen LogP contribution is -2.43. The molecule has 1 aliphatic rings. The van der Waals surface area contributed by atoms with Gasteiger partial charge in [-0.25, -0.2) is 9.97 Å². The number of hydrogen-bond acceptors (Lipinski definition) is 7. The molecular weight excluding hydrogens is 400 g/mol. The summed E-state index contributed by atoms with van der Waals surface area (Å²) < 4.78 is 20.2. The number of imidazole rings is 1. The first-order valence-corrected chi connectivity index (χ1v) is 11.9. The molecule has 0 radical (unpaired) electrons. The first-order valence-electron chi connectivity index (χ1n) is 10.5. The van der Waals surface area contributed by atoms with Crippen molar-refractivity contribution in [3.05, 3.63) is 30.1 Å². The van der Waals surface area contributed by atoms with Crippen molar-refractivity contribution in [3.63, 3.8) is 0 Å². The van der Waals surface area contributed by atoms with Crippen molar-refractivity contribution in [2.45, 2.75) is 38.5 Å². The number of rotatable bonds is 9. The zero-order valence-corrected chi connectivity index (χ0v) is 18.5. The first kappa shape index (κ1) is 21.4. The van der Waals surface area contributed by atoms with E-state index in [0.29, 0.717) is 38.8 Å². The highest BCUT2D eigenvalue weighted by molar-refractivity contribution is 7.98. The fraction of sp³-hybridized carbons (Fsp3) is 0.545. The van der Waals surface area contributed by atoms with Gasteiger partial charge in [0.15, 0.2) is 5.82 Å². The molecule has 1 fully saturated rings. The molecule has 0 saturated carbocycles. The number of para-hydroxylation sites is 1. The third-order valence-corrected chi connectivity index (χ3v) is 6.25. The summed E-state index contributed by atoms with van der Waals surface area (Å²) in [5, 5.41) is 1.04. The number of hydrogen-bond donors (Lipinski definition) is 1. The van der Waals surface area contributed by atoms with E-state index in [-0.39, 0.29) is 5.60 Å². The van der Waals surface area contributed by atoms with E-state index in [2.05, 4.69) is 21.9 Å². The summed E-state index contributed by atoms with van der Waals surface area (Å²) in [4.78, 5) is 9.42. The summed E-state index contributed by atoms with van der Waals surface area (Å²) in [6.45, 7) is 5.87. The largest absolute Gasteiger partial charge is 0.382 e. The van der Waals surface area contributed by atoms with E-state index >= 15 is 0 Å². The van der Waals surface area contributed by atoms with E-state index in [1.807, 2.05) is 25.1 Å². The SMILES string of the molecule is CCOCc1nc2c(N)nc3ccccc3c2n1CC1(OCCSC)CCOCC1. The second kappa shape index (κ2) is 9.51. The molecule has 3 heterocycles. The van der Waals surface area contributed by atoms with Crippen LogP contribution in [0.5, 0.6) is 0 Å². The average Bonchev–Trinajstić information content (AvgIpc) is 3.12. The third kappa shape index (κ3) is 4.27. The molecule has 0 atom stereocenters. The van der Waals surface area contributed by atoms with Gasteiger partial charge in [0.2, 0.25) is 0 Å². The third-order valence-electron chi connectivity index (χ3n) is 5.67. The lowest BCUT2D eigenvalue weighted by atomic mass is 9.93. The van der Waals surface area contributed by atoms with Gasteiger partial charge in [0.25, 0.3) is 0 Å². The Kier molecular flexibility index (Phi) is 6.77. The molecule has 2 N–H and O–H groups in total. The predicted octanol–water partition coefficient (Wildman–Crippen LogP) is 3.63. The summed E-state index contributed by atoms with van der Waals surface area (Å²) in [6, 6.07) is 8.08. The number of benzene rings is 1. The maximum absolute atomic E-state index is 6.50.